The summed E-state index contributed by atoms with van der Waals surface area (Å²) in [6.07, 6.45) is 7.97. The number of nitrogens with two attached hydrogens (primary N) is 1. The Balaban J connectivity index is 3.05. The molecule has 0 atom stereocenters. The maximum absolute atomic E-state index is 12.2. The third-order valence-corrected chi connectivity index (χ3v) is 4.10. The molecule has 7 heteroatoms. The van der Waals surface area contributed by atoms with Gasteiger partial charge in [-0.3, -0.25) is 9.59 Å². The van der Waals surface area contributed by atoms with Crippen molar-refractivity contribution in [1.82, 2.24) is 4.72 Å². The fraction of sp³-hybridized carbons (Fsp3) is 0.125. The largest absolute Gasteiger partial charge is 0.366 e. The Morgan fingerprint density at radius 2 is 1.70 bits per heavy atom. The van der Waals surface area contributed by atoms with Crippen LogP contribution >= 0.6 is 0 Å². The summed E-state index contributed by atoms with van der Waals surface area (Å²) >= 11 is 0. The number of carbonyl (C=O) groups excluding carboxylic acids is 2. The van der Waals surface area contributed by atoms with E-state index >= 15 is 0 Å². The van der Waals surface area contributed by atoms with Crippen LogP contribution in [0.3, 0.4) is 0 Å². The molecule has 0 saturated heterocycles. The zero-order chi connectivity index (χ0) is 17.5. The molecule has 122 valence electrons. The lowest BCUT2D eigenvalue weighted by Crippen LogP contribution is -2.31. The number of carbonyl (C=O) groups is 2. The number of benzene rings is 1. The van der Waals surface area contributed by atoms with E-state index in [0.29, 0.717) is 0 Å². The van der Waals surface area contributed by atoms with E-state index in [0.717, 1.165) is 0 Å². The van der Waals surface area contributed by atoms with E-state index in [2.05, 4.69) is 0 Å². The van der Waals surface area contributed by atoms with Crippen molar-refractivity contribution in [2.45, 2.75) is 18.7 Å². The zero-order valence-corrected chi connectivity index (χ0v) is 13.6. The van der Waals surface area contributed by atoms with E-state index in [1.54, 1.807) is 32.1 Å². The molecule has 0 fully saturated rings. The second kappa shape index (κ2) is 8.09. The van der Waals surface area contributed by atoms with Gasteiger partial charge >= 0.3 is 0 Å². The van der Waals surface area contributed by atoms with Gasteiger partial charge in [0.2, 0.25) is 5.91 Å². The summed E-state index contributed by atoms with van der Waals surface area (Å²) in [6, 6.07) is 4.98. The Kier molecular flexibility index (Phi) is 6.47. The highest BCUT2D eigenvalue weighted by molar-refractivity contribution is 7.90. The van der Waals surface area contributed by atoms with Crippen LogP contribution in [0.15, 0.2) is 65.1 Å². The molecule has 0 heterocycles. The molecule has 1 aromatic carbocycles. The Bertz CT molecular complexity index is 773. The van der Waals surface area contributed by atoms with Gasteiger partial charge in [-0.2, -0.15) is 0 Å². The van der Waals surface area contributed by atoms with Crippen molar-refractivity contribution in [1.29, 1.82) is 0 Å². The Hall–Kier alpha value is -2.67. The van der Waals surface area contributed by atoms with Gasteiger partial charge in [0.1, 0.15) is 0 Å². The van der Waals surface area contributed by atoms with Crippen LogP contribution in [0.5, 0.6) is 0 Å². The highest BCUT2D eigenvalue weighted by Crippen LogP contribution is 2.11. The monoisotopic (exact) mass is 334 g/mol. The van der Waals surface area contributed by atoms with Crippen LogP contribution in [-0.2, 0) is 14.8 Å². The highest BCUT2D eigenvalue weighted by atomic mass is 32.2. The van der Waals surface area contributed by atoms with Gasteiger partial charge in [-0.1, -0.05) is 24.3 Å². The molecule has 1 rings (SSSR count). The summed E-state index contributed by atoms with van der Waals surface area (Å²) in [5, 5.41) is 0. The standard InChI is InChI=1S/C16H18N2O4S/c1-3-5-7-13(6-4-2)16(20)18-23(21,22)14-10-8-12(9-11-14)15(17)19/h3-11H,1-2H3,(H2,17,19)(H,18,20)/b5-3-,6-4-,13-7+. The number of primary amides is 1. The molecule has 6 nitrogen and oxygen atoms in total. The number of hydrogen-bond donors (Lipinski definition) is 2. The number of sulfonamides is 1. The molecule has 0 aromatic heterocycles. The Morgan fingerprint density at radius 3 is 2.17 bits per heavy atom. The van der Waals surface area contributed by atoms with E-state index in [1.165, 1.54) is 36.4 Å². The van der Waals surface area contributed by atoms with Crippen LogP contribution in [0.4, 0.5) is 0 Å². The number of amides is 2. The molecule has 0 aliphatic rings. The molecule has 3 N–H and O–H groups in total. The third-order valence-electron chi connectivity index (χ3n) is 2.75. The van der Waals surface area contributed by atoms with Crippen LogP contribution in [0, 0.1) is 0 Å². The van der Waals surface area contributed by atoms with Crippen LogP contribution in [0.1, 0.15) is 24.2 Å². The van der Waals surface area contributed by atoms with Gasteiger partial charge in [-0.05, 0) is 44.2 Å². The number of hydrogen-bond acceptors (Lipinski definition) is 4. The average Bonchev–Trinajstić information content (AvgIpc) is 2.51. The minimum absolute atomic E-state index is 0.137. The molecular weight excluding hydrogens is 316 g/mol. The summed E-state index contributed by atoms with van der Waals surface area (Å²) in [4.78, 5) is 22.9. The predicted octanol–water partition coefficient (Wildman–Crippen LogP) is 1.67. The van der Waals surface area contributed by atoms with Crippen LogP contribution < -0.4 is 10.5 Å². The van der Waals surface area contributed by atoms with E-state index in [4.69, 9.17) is 5.73 Å². The van der Waals surface area contributed by atoms with Gasteiger partial charge in [0, 0.05) is 11.1 Å². The lowest BCUT2D eigenvalue weighted by molar-refractivity contribution is -0.115. The molecule has 0 radical (unpaired) electrons. The van der Waals surface area contributed by atoms with Crippen molar-refractivity contribution in [2.24, 2.45) is 5.73 Å². The molecule has 0 aliphatic heterocycles. The lowest BCUT2D eigenvalue weighted by atomic mass is 10.2. The summed E-state index contributed by atoms with van der Waals surface area (Å²) in [7, 11) is -4.04. The molecule has 23 heavy (non-hydrogen) atoms. The van der Waals surface area contributed by atoms with E-state index in [9.17, 15) is 18.0 Å². The predicted molar refractivity (Wildman–Crippen MR) is 88.0 cm³/mol. The van der Waals surface area contributed by atoms with Crippen LogP contribution in [0.2, 0.25) is 0 Å². The first-order chi connectivity index (χ1) is 10.8. The number of nitrogens with one attached hydrogen (secondary N) is 1. The maximum Gasteiger partial charge on any atom is 0.264 e. The first kappa shape index (κ1) is 18.4. The molecule has 2 amide bonds. The highest BCUT2D eigenvalue weighted by Gasteiger charge is 2.19. The fourth-order valence-corrected chi connectivity index (χ4v) is 2.60. The topological polar surface area (TPSA) is 106 Å². The quantitative estimate of drug-likeness (QED) is 0.609. The van der Waals surface area contributed by atoms with Crippen molar-refractivity contribution in [2.75, 3.05) is 0 Å². The molecule has 0 bridgehead atoms. The van der Waals surface area contributed by atoms with E-state index in [-0.39, 0.29) is 16.0 Å². The first-order valence-electron chi connectivity index (χ1n) is 6.74. The normalized spacial score (nSPS) is 12.7. The number of allylic oxidation sites excluding steroid dienone is 4. The smallest absolute Gasteiger partial charge is 0.264 e. The maximum atomic E-state index is 12.2. The third kappa shape index (κ3) is 5.23. The molecular formula is C16H18N2O4S. The summed E-state index contributed by atoms with van der Waals surface area (Å²) < 4.78 is 26.4. The summed E-state index contributed by atoms with van der Waals surface area (Å²) in [5.41, 5.74) is 5.47. The SMILES string of the molecule is C\C=C/C=C(\C=C/C)C(=O)NS(=O)(=O)c1ccc(C(N)=O)cc1. The Morgan fingerprint density at radius 1 is 1.09 bits per heavy atom. The summed E-state index contributed by atoms with van der Waals surface area (Å²) in [6.45, 7) is 3.49. The average molecular weight is 334 g/mol. The van der Waals surface area contributed by atoms with Crippen molar-refractivity contribution in [3.05, 3.63) is 65.8 Å². The van der Waals surface area contributed by atoms with Gasteiger partial charge in [0.05, 0.1) is 4.90 Å². The second-order valence-electron chi connectivity index (χ2n) is 4.47. The molecule has 0 unspecified atom stereocenters. The first-order valence-corrected chi connectivity index (χ1v) is 8.23. The van der Waals surface area contributed by atoms with Gasteiger partial charge in [0.15, 0.2) is 0 Å². The number of rotatable bonds is 6. The van der Waals surface area contributed by atoms with Crippen LogP contribution in [0.25, 0.3) is 0 Å². The van der Waals surface area contributed by atoms with Crippen molar-refractivity contribution >= 4 is 21.8 Å². The fourth-order valence-electron chi connectivity index (χ4n) is 1.62. The van der Waals surface area contributed by atoms with E-state index in [1.807, 2.05) is 4.72 Å². The minimum atomic E-state index is -4.04. The van der Waals surface area contributed by atoms with Gasteiger partial charge in [-0.25, -0.2) is 13.1 Å². The molecule has 0 aliphatic carbocycles. The minimum Gasteiger partial charge on any atom is -0.366 e. The molecule has 1 aromatic rings. The van der Waals surface area contributed by atoms with Crippen molar-refractivity contribution < 1.29 is 18.0 Å². The molecule has 0 saturated carbocycles. The van der Waals surface area contributed by atoms with Crippen molar-refractivity contribution in [3.63, 3.8) is 0 Å². The van der Waals surface area contributed by atoms with Gasteiger partial charge < -0.3 is 5.73 Å². The lowest BCUT2D eigenvalue weighted by Gasteiger charge is -2.07. The second-order valence-corrected chi connectivity index (χ2v) is 6.15. The zero-order valence-electron chi connectivity index (χ0n) is 12.8. The van der Waals surface area contributed by atoms with Crippen molar-refractivity contribution in [3.8, 4) is 0 Å². The van der Waals surface area contributed by atoms with Gasteiger partial charge in [-0.15, -0.1) is 0 Å². The molecule has 0 spiro atoms. The Labute approximate surface area is 135 Å². The summed E-state index contributed by atoms with van der Waals surface area (Å²) in [5.74, 6) is -1.41. The van der Waals surface area contributed by atoms with Gasteiger partial charge in [0.25, 0.3) is 15.9 Å². The van der Waals surface area contributed by atoms with E-state index < -0.39 is 21.8 Å². The van der Waals surface area contributed by atoms with Crippen LogP contribution in [-0.4, -0.2) is 20.2 Å².